The molecule has 13 heavy (non-hydrogen) atoms. The minimum atomic E-state index is -1.81. The summed E-state index contributed by atoms with van der Waals surface area (Å²) in [6.45, 7) is 5.81. The van der Waals surface area contributed by atoms with Crippen LogP contribution in [0, 0.1) is 0 Å². The lowest BCUT2D eigenvalue weighted by molar-refractivity contribution is -0.168. The van der Waals surface area contributed by atoms with Gasteiger partial charge in [0.25, 0.3) is 0 Å². The summed E-state index contributed by atoms with van der Waals surface area (Å²) in [5.74, 6) is -0.745. The molecular formula is C9H16FNO2. The zero-order valence-electron chi connectivity index (χ0n) is 8.32. The molecule has 0 aromatic carbocycles. The molecule has 0 bridgehead atoms. The average Bonchev–Trinajstić information content (AvgIpc) is 2.33. The summed E-state index contributed by atoms with van der Waals surface area (Å²) in [7, 11) is 0. The van der Waals surface area contributed by atoms with Crippen molar-refractivity contribution in [2.75, 3.05) is 13.1 Å². The van der Waals surface area contributed by atoms with Crippen molar-refractivity contribution >= 4 is 5.97 Å². The first-order chi connectivity index (χ1) is 5.83. The van der Waals surface area contributed by atoms with E-state index in [0.29, 0.717) is 6.54 Å². The second kappa shape index (κ2) is 3.25. The highest BCUT2D eigenvalue weighted by atomic mass is 19.1. The second-order valence-corrected chi connectivity index (χ2v) is 4.39. The number of alkyl halides is 1. The normalized spacial score (nSPS) is 28.9. The molecule has 0 amide bonds. The Morgan fingerprint density at radius 2 is 2.15 bits per heavy atom. The standard InChI is InChI=1S/C9H16FNO2/c1-8(2,3)13-7(12)9(10)4-5-11-6-9/h11H,4-6H2,1-3H3. The van der Waals surface area contributed by atoms with Gasteiger partial charge in [0.1, 0.15) is 5.60 Å². The van der Waals surface area contributed by atoms with Crippen molar-refractivity contribution in [1.29, 1.82) is 0 Å². The SMILES string of the molecule is CC(C)(C)OC(=O)C1(F)CCNC1. The van der Waals surface area contributed by atoms with Gasteiger partial charge in [-0.05, 0) is 27.3 Å². The Labute approximate surface area is 77.6 Å². The van der Waals surface area contributed by atoms with Crippen LogP contribution in [-0.2, 0) is 9.53 Å². The molecule has 0 spiro atoms. The van der Waals surface area contributed by atoms with Gasteiger partial charge in [-0.2, -0.15) is 0 Å². The predicted octanol–water partition coefficient (Wildman–Crippen LogP) is 1.03. The fourth-order valence-corrected chi connectivity index (χ4v) is 1.21. The number of halogens is 1. The summed E-state index contributed by atoms with van der Waals surface area (Å²) >= 11 is 0. The topological polar surface area (TPSA) is 38.3 Å². The molecule has 0 aromatic heterocycles. The third kappa shape index (κ3) is 2.66. The van der Waals surface area contributed by atoms with Crippen molar-refractivity contribution < 1.29 is 13.9 Å². The van der Waals surface area contributed by atoms with Crippen LogP contribution in [0.25, 0.3) is 0 Å². The van der Waals surface area contributed by atoms with Crippen molar-refractivity contribution in [3.05, 3.63) is 0 Å². The number of carbonyl (C=O) groups is 1. The van der Waals surface area contributed by atoms with Crippen LogP contribution in [0.4, 0.5) is 4.39 Å². The monoisotopic (exact) mass is 189 g/mol. The molecule has 1 aliphatic rings. The molecule has 1 rings (SSSR count). The number of esters is 1. The first kappa shape index (κ1) is 10.4. The van der Waals surface area contributed by atoms with E-state index in [9.17, 15) is 9.18 Å². The maximum atomic E-state index is 13.7. The summed E-state index contributed by atoms with van der Waals surface area (Å²) in [6, 6.07) is 0. The lowest BCUT2D eigenvalue weighted by atomic mass is 10.1. The van der Waals surface area contributed by atoms with Gasteiger partial charge in [-0.1, -0.05) is 0 Å². The van der Waals surface area contributed by atoms with Crippen LogP contribution in [-0.4, -0.2) is 30.3 Å². The van der Waals surface area contributed by atoms with Gasteiger partial charge in [-0.3, -0.25) is 0 Å². The number of nitrogens with one attached hydrogen (secondary N) is 1. The van der Waals surface area contributed by atoms with E-state index in [0.717, 1.165) is 0 Å². The van der Waals surface area contributed by atoms with Gasteiger partial charge >= 0.3 is 5.97 Å². The Kier molecular flexibility index (Phi) is 2.61. The summed E-state index contributed by atoms with van der Waals surface area (Å²) in [5, 5.41) is 2.80. The van der Waals surface area contributed by atoms with Crippen LogP contribution in [0.1, 0.15) is 27.2 Å². The van der Waals surface area contributed by atoms with Crippen LogP contribution < -0.4 is 5.32 Å². The van der Waals surface area contributed by atoms with E-state index in [2.05, 4.69) is 5.32 Å². The quantitative estimate of drug-likeness (QED) is 0.626. The van der Waals surface area contributed by atoms with Crippen molar-refractivity contribution in [2.45, 2.75) is 38.5 Å². The van der Waals surface area contributed by atoms with E-state index in [1.807, 2.05) is 0 Å². The van der Waals surface area contributed by atoms with E-state index in [1.54, 1.807) is 20.8 Å². The largest absolute Gasteiger partial charge is 0.458 e. The van der Waals surface area contributed by atoms with Crippen molar-refractivity contribution in [3.8, 4) is 0 Å². The third-order valence-corrected chi connectivity index (χ3v) is 1.87. The van der Waals surface area contributed by atoms with Gasteiger partial charge < -0.3 is 10.1 Å². The summed E-state index contributed by atoms with van der Waals surface area (Å²) < 4.78 is 18.7. The molecule has 1 fully saturated rings. The van der Waals surface area contributed by atoms with Gasteiger partial charge in [0.2, 0.25) is 5.67 Å². The van der Waals surface area contributed by atoms with E-state index in [1.165, 1.54) is 0 Å². The Bertz CT molecular complexity index is 204. The minimum absolute atomic E-state index is 0.0713. The summed E-state index contributed by atoms with van der Waals surface area (Å²) in [5.41, 5.74) is -2.42. The Morgan fingerprint density at radius 3 is 2.54 bits per heavy atom. The van der Waals surface area contributed by atoms with Gasteiger partial charge in [-0.25, -0.2) is 9.18 Å². The van der Waals surface area contributed by atoms with E-state index in [4.69, 9.17) is 4.74 Å². The number of hydrogen-bond donors (Lipinski definition) is 1. The van der Waals surface area contributed by atoms with Crippen molar-refractivity contribution in [3.63, 3.8) is 0 Å². The minimum Gasteiger partial charge on any atom is -0.458 e. The van der Waals surface area contributed by atoms with E-state index < -0.39 is 17.2 Å². The molecule has 1 unspecified atom stereocenters. The van der Waals surface area contributed by atoms with Gasteiger partial charge in [0.05, 0.1) is 0 Å². The first-order valence-corrected chi connectivity index (χ1v) is 4.47. The highest BCUT2D eigenvalue weighted by molar-refractivity contribution is 5.80. The molecule has 1 saturated heterocycles. The zero-order chi connectivity index (χ0) is 10.1. The van der Waals surface area contributed by atoms with Crippen LogP contribution in [0.3, 0.4) is 0 Å². The maximum absolute atomic E-state index is 13.7. The average molecular weight is 189 g/mol. The predicted molar refractivity (Wildman–Crippen MR) is 47.2 cm³/mol. The Morgan fingerprint density at radius 1 is 1.54 bits per heavy atom. The van der Waals surface area contributed by atoms with Gasteiger partial charge in [-0.15, -0.1) is 0 Å². The molecule has 0 radical (unpaired) electrons. The Balaban J connectivity index is 2.57. The fourth-order valence-electron chi connectivity index (χ4n) is 1.21. The molecule has 3 nitrogen and oxygen atoms in total. The molecule has 4 heteroatoms. The molecule has 1 aliphatic heterocycles. The fraction of sp³-hybridized carbons (Fsp3) is 0.889. The Hall–Kier alpha value is -0.640. The van der Waals surface area contributed by atoms with Crippen molar-refractivity contribution in [1.82, 2.24) is 5.32 Å². The maximum Gasteiger partial charge on any atom is 0.345 e. The number of hydrogen-bond acceptors (Lipinski definition) is 3. The molecule has 1 atom stereocenters. The third-order valence-electron chi connectivity index (χ3n) is 1.87. The van der Waals surface area contributed by atoms with E-state index >= 15 is 0 Å². The van der Waals surface area contributed by atoms with Crippen LogP contribution in [0.2, 0.25) is 0 Å². The summed E-state index contributed by atoms with van der Waals surface area (Å²) in [4.78, 5) is 11.3. The van der Waals surface area contributed by atoms with Crippen LogP contribution in [0.5, 0.6) is 0 Å². The first-order valence-electron chi connectivity index (χ1n) is 4.47. The van der Waals surface area contributed by atoms with Crippen molar-refractivity contribution in [2.24, 2.45) is 0 Å². The van der Waals surface area contributed by atoms with E-state index in [-0.39, 0.29) is 13.0 Å². The molecular weight excluding hydrogens is 173 g/mol. The molecule has 0 saturated carbocycles. The van der Waals surface area contributed by atoms with Gasteiger partial charge in [0, 0.05) is 13.0 Å². The zero-order valence-corrected chi connectivity index (χ0v) is 8.32. The molecule has 1 N–H and O–H groups in total. The highest BCUT2D eigenvalue weighted by Gasteiger charge is 2.44. The summed E-state index contributed by atoms with van der Waals surface area (Å²) in [6.07, 6.45) is 0.210. The lowest BCUT2D eigenvalue weighted by Crippen LogP contribution is -2.41. The molecule has 0 aromatic rings. The van der Waals surface area contributed by atoms with Crippen LogP contribution >= 0.6 is 0 Å². The smallest absolute Gasteiger partial charge is 0.345 e. The molecule has 0 aliphatic carbocycles. The molecule has 1 heterocycles. The number of rotatable bonds is 1. The van der Waals surface area contributed by atoms with Gasteiger partial charge in [0.15, 0.2) is 0 Å². The highest BCUT2D eigenvalue weighted by Crippen LogP contribution is 2.24. The lowest BCUT2D eigenvalue weighted by Gasteiger charge is -2.24. The number of ether oxygens (including phenoxy) is 1. The molecule has 76 valence electrons. The van der Waals surface area contributed by atoms with Crippen LogP contribution in [0.15, 0.2) is 0 Å². The second-order valence-electron chi connectivity index (χ2n) is 4.39. The number of carbonyl (C=O) groups excluding carboxylic acids is 1.